The Balaban J connectivity index is 2.35. The lowest BCUT2D eigenvalue weighted by atomic mass is 10.1. The average molecular weight is 359 g/mol. The van der Waals surface area contributed by atoms with Crippen molar-refractivity contribution in [1.82, 2.24) is 0 Å². The Hall–Kier alpha value is -2.02. The Bertz CT molecular complexity index is 686. The third-order valence-corrected chi connectivity index (χ3v) is 3.64. The van der Waals surface area contributed by atoms with Crippen LogP contribution in [0.2, 0.25) is 0 Å². The number of amides is 1. The van der Waals surface area contributed by atoms with E-state index < -0.39 is 17.6 Å². The summed E-state index contributed by atoms with van der Waals surface area (Å²) in [7, 11) is 0. The Morgan fingerprint density at radius 2 is 1.76 bits per heavy atom. The Morgan fingerprint density at radius 1 is 1.10 bits per heavy atom. The number of carbonyl (C=O) groups is 1. The maximum Gasteiger partial charge on any atom is 0.418 e. The number of anilines is 2. The number of benzene rings is 2. The summed E-state index contributed by atoms with van der Waals surface area (Å²) in [6.07, 6.45) is -4.54. The Morgan fingerprint density at radius 3 is 2.43 bits per heavy atom. The number of para-hydroxylation sites is 1. The van der Waals surface area contributed by atoms with E-state index in [2.05, 4.69) is 21.2 Å². The molecule has 3 N–H and O–H groups in total. The molecule has 3 nitrogen and oxygen atoms in total. The summed E-state index contributed by atoms with van der Waals surface area (Å²) >= 11 is 3.14. The van der Waals surface area contributed by atoms with Crippen LogP contribution in [0, 0.1) is 0 Å². The largest absolute Gasteiger partial charge is 0.418 e. The van der Waals surface area contributed by atoms with Gasteiger partial charge in [0.05, 0.1) is 21.3 Å². The molecule has 0 bridgehead atoms. The van der Waals surface area contributed by atoms with Crippen LogP contribution in [-0.2, 0) is 6.18 Å². The second-order valence-corrected chi connectivity index (χ2v) is 5.00. The molecule has 2 aromatic carbocycles. The monoisotopic (exact) mass is 358 g/mol. The first-order chi connectivity index (χ1) is 9.80. The minimum absolute atomic E-state index is 0.159. The van der Waals surface area contributed by atoms with Gasteiger partial charge in [0.2, 0.25) is 0 Å². The van der Waals surface area contributed by atoms with Crippen molar-refractivity contribution in [1.29, 1.82) is 0 Å². The zero-order chi connectivity index (χ0) is 15.6. The zero-order valence-electron chi connectivity index (χ0n) is 10.5. The van der Waals surface area contributed by atoms with Gasteiger partial charge in [0.25, 0.3) is 5.91 Å². The van der Waals surface area contributed by atoms with Gasteiger partial charge in [0.1, 0.15) is 0 Å². The molecule has 110 valence electrons. The summed E-state index contributed by atoms with van der Waals surface area (Å²) in [5.41, 5.74) is 4.92. The van der Waals surface area contributed by atoms with Crippen molar-refractivity contribution < 1.29 is 18.0 Å². The van der Waals surface area contributed by atoms with Gasteiger partial charge in [-0.2, -0.15) is 13.2 Å². The molecule has 0 saturated heterocycles. The second kappa shape index (κ2) is 5.77. The van der Waals surface area contributed by atoms with Crippen LogP contribution < -0.4 is 11.1 Å². The highest BCUT2D eigenvalue weighted by Crippen LogP contribution is 2.35. The van der Waals surface area contributed by atoms with Crippen molar-refractivity contribution in [3.8, 4) is 0 Å². The molecule has 0 spiro atoms. The van der Waals surface area contributed by atoms with Crippen LogP contribution in [0.1, 0.15) is 15.9 Å². The van der Waals surface area contributed by atoms with E-state index in [0.29, 0.717) is 10.2 Å². The average Bonchev–Trinajstić information content (AvgIpc) is 2.41. The molecule has 2 rings (SSSR count). The standard InChI is InChI=1S/C14H10BrF3N2O/c15-12-8(4-3-6-10(12)19)13(21)20-11-7-2-1-5-9(11)14(16,17)18/h1-7H,19H2,(H,20,21). The normalized spacial score (nSPS) is 11.2. The highest BCUT2D eigenvalue weighted by atomic mass is 79.9. The van der Waals surface area contributed by atoms with Crippen molar-refractivity contribution in [3.63, 3.8) is 0 Å². The highest BCUT2D eigenvalue weighted by molar-refractivity contribution is 9.10. The molecular weight excluding hydrogens is 349 g/mol. The first-order valence-electron chi connectivity index (χ1n) is 5.82. The van der Waals surface area contributed by atoms with E-state index in [1.165, 1.54) is 24.3 Å². The van der Waals surface area contributed by atoms with Gasteiger partial charge in [-0.1, -0.05) is 18.2 Å². The van der Waals surface area contributed by atoms with Crippen LogP contribution >= 0.6 is 15.9 Å². The lowest BCUT2D eigenvalue weighted by molar-refractivity contribution is -0.136. The molecule has 0 unspecified atom stereocenters. The summed E-state index contributed by atoms with van der Waals surface area (Å²) < 4.78 is 38.9. The van der Waals surface area contributed by atoms with Crippen molar-refractivity contribution >= 4 is 33.2 Å². The fraction of sp³-hybridized carbons (Fsp3) is 0.0714. The van der Waals surface area contributed by atoms with Crippen molar-refractivity contribution in [3.05, 3.63) is 58.1 Å². The van der Waals surface area contributed by atoms with Gasteiger partial charge in [0.15, 0.2) is 0 Å². The molecule has 21 heavy (non-hydrogen) atoms. The minimum Gasteiger partial charge on any atom is -0.398 e. The third kappa shape index (κ3) is 3.36. The lowest BCUT2D eigenvalue weighted by Gasteiger charge is -2.14. The van der Waals surface area contributed by atoms with Crippen LogP contribution in [0.5, 0.6) is 0 Å². The molecule has 0 heterocycles. The van der Waals surface area contributed by atoms with Crippen LogP contribution in [0.25, 0.3) is 0 Å². The van der Waals surface area contributed by atoms with Gasteiger partial charge in [-0.15, -0.1) is 0 Å². The molecule has 0 radical (unpaired) electrons. The molecule has 0 atom stereocenters. The van der Waals surface area contributed by atoms with E-state index >= 15 is 0 Å². The van der Waals surface area contributed by atoms with Crippen LogP contribution in [0.4, 0.5) is 24.5 Å². The number of carbonyl (C=O) groups excluding carboxylic acids is 1. The van der Waals surface area contributed by atoms with Crippen LogP contribution in [0.15, 0.2) is 46.9 Å². The van der Waals surface area contributed by atoms with E-state index in [0.717, 1.165) is 6.07 Å². The third-order valence-electron chi connectivity index (χ3n) is 2.75. The number of nitrogen functional groups attached to an aromatic ring is 1. The van der Waals surface area contributed by atoms with Gasteiger partial charge >= 0.3 is 6.18 Å². The van der Waals surface area contributed by atoms with Gasteiger partial charge in [-0.3, -0.25) is 4.79 Å². The molecule has 0 aliphatic heterocycles. The fourth-order valence-corrected chi connectivity index (χ4v) is 2.20. The summed E-state index contributed by atoms with van der Waals surface area (Å²) in [5.74, 6) is -0.675. The van der Waals surface area contributed by atoms with Gasteiger partial charge in [0, 0.05) is 5.69 Å². The van der Waals surface area contributed by atoms with E-state index in [1.54, 1.807) is 12.1 Å². The van der Waals surface area contributed by atoms with Gasteiger partial charge in [-0.05, 0) is 40.2 Å². The predicted octanol–water partition coefficient (Wildman–Crippen LogP) is 4.30. The quantitative estimate of drug-likeness (QED) is 0.786. The molecule has 0 aliphatic carbocycles. The molecule has 2 aromatic rings. The number of halogens is 4. The summed E-state index contributed by atoms with van der Waals surface area (Å²) in [4.78, 5) is 12.1. The second-order valence-electron chi connectivity index (χ2n) is 4.21. The van der Waals surface area contributed by atoms with Crippen LogP contribution in [0.3, 0.4) is 0 Å². The number of alkyl halides is 3. The lowest BCUT2D eigenvalue weighted by Crippen LogP contribution is -2.17. The number of hydrogen-bond acceptors (Lipinski definition) is 2. The SMILES string of the molecule is Nc1cccc(C(=O)Nc2ccccc2C(F)(F)F)c1Br. The van der Waals surface area contributed by atoms with E-state index in [1.807, 2.05) is 0 Å². The Labute approximate surface area is 127 Å². The van der Waals surface area contributed by atoms with Crippen molar-refractivity contribution in [2.75, 3.05) is 11.1 Å². The molecule has 0 aliphatic rings. The number of nitrogens with one attached hydrogen (secondary N) is 1. The number of nitrogens with two attached hydrogens (primary N) is 1. The van der Waals surface area contributed by atoms with E-state index in [-0.39, 0.29) is 11.3 Å². The predicted molar refractivity (Wildman–Crippen MR) is 78.0 cm³/mol. The zero-order valence-corrected chi connectivity index (χ0v) is 12.1. The molecule has 1 amide bonds. The number of rotatable bonds is 2. The van der Waals surface area contributed by atoms with E-state index in [9.17, 15) is 18.0 Å². The van der Waals surface area contributed by atoms with Crippen molar-refractivity contribution in [2.45, 2.75) is 6.18 Å². The van der Waals surface area contributed by atoms with Crippen molar-refractivity contribution in [2.24, 2.45) is 0 Å². The topological polar surface area (TPSA) is 55.1 Å². The molecule has 0 saturated carbocycles. The molecular formula is C14H10BrF3N2O. The molecule has 7 heteroatoms. The highest BCUT2D eigenvalue weighted by Gasteiger charge is 2.33. The first-order valence-corrected chi connectivity index (χ1v) is 6.61. The van der Waals surface area contributed by atoms with Crippen LogP contribution in [-0.4, -0.2) is 5.91 Å². The number of hydrogen-bond donors (Lipinski definition) is 2. The maximum absolute atomic E-state index is 12.9. The van der Waals surface area contributed by atoms with Gasteiger partial charge < -0.3 is 11.1 Å². The first kappa shape index (κ1) is 15.4. The smallest absolute Gasteiger partial charge is 0.398 e. The molecule has 0 aromatic heterocycles. The maximum atomic E-state index is 12.9. The summed E-state index contributed by atoms with van der Waals surface area (Å²) in [5, 5.41) is 2.26. The minimum atomic E-state index is -4.54. The Kier molecular flexibility index (Phi) is 4.22. The summed E-state index contributed by atoms with van der Waals surface area (Å²) in [6, 6.07) is 9.36. The fourth-order valence-electron chi connectivity index (χ4n) is 1.75. The van der Waals surface area contributed by atoms with E-state index in [4.69, 9.17) is 5.73 Å². The molecule has 0 fully saturated rings. The van der Waals surface area contributed by atoms with Gasteiger partial charge in [-0.25, -0.2) is 0 Å². The summed E-state index contributed by atoms with van der Waals surface area (Å²) in [6.45, 7) is 0.